The van der Waals surface area contributed by atoms with Crippen molar-refractivity contribution in [2.45, 2.75) is 6.92 Å². The van der Waals surface area contributed by atoms with Gasteiger partial charge in [-0.3, -0.25) is 0 Å². The van der Waals surface area contributed by atoms with E-state index in [1.807, 2.05) is 36.4 Å². The highest BCUT2D eigenvalue weighted by Gasteiger charge is 2.21. The quantitative estimate of drug-likeness (QED) is 0.753. The number of nitrogens with one attached hydrogen (secondary N) is 1. The monoisotopic (exact) mass is 367 g/mol. The summed E-state index contributed by atoms with van der Waals surface area (Å²) in [6.45, 7) is 6.46. The first-order valence-corrected chi connectivity index (χ1v) is 9.39. The number of rotatable bonds is 4. The van der Waals surface area contributed by atoms with Crippen LogP contribution in [0.3, 0.4) is 0 Å². The van der Waals surface area contributed by atoms with Crippen molar-refractivity contribution in [2.75, 3.05) is 47.8 Å². The van der Waals surface area contributed by atoms with Crippen molar-refractivity contribution in [3.63, 3.8) is 0 Å². The number of halogens is 1. The molecule has 1 aromatic heterocycles. The van der Waals surface area contributed by atoms with Crippen molar-refractivity contribution < 1.29 is 0 Å². The number of piperazine rings is 1. The van der Waals surface area contributed by atoms with Gasteiger partial charge in [0.15, 0.2) is 0 Å². The molecule has 1 saturated heterocycles. The molecule has 2 heterocycles. The Balaban J connectivity index is 1.57. The van der Waals surface area contributed by atoms with Gasteiger partial charge in [-0.25, -0.2) is 4.98 Å². The second-order valence-corrected chi connectivity index (χ2v) is 6.75. The molecule has 1 aliphatic heterocycles. The van der Waals surface area contributed by atoms with E-state index < -0.39 is 0 Å². The molecular formula is C20H22ClN5. The van der Waals surface area contributed by atoms with Gasteiger partial charge in [-0.2, -0.15) is 4.98 Å². The maximum absolute atomic E-state index is 6.34. The Labute approximate surface area is 158 Å². The molecule has 0 amide bonds. The zero-order valence-electron chi connectivity index (χ0n) is 14.8. The molecule has 1 fully saturated rings. The van der Waals surface area contributed by atoms with Crippen molar-refractivity contribution in [2.24, 2.45) is 0 Å². The van der Waals surface area contributed by atoms with Crippen LogP contribution in [0.4, 0.5) is 17.5 Å². The summed E-state index contributed by atoms with van der Waals surface area (Å²) in [5.41, 5.74) is 2.07. The zero-order valence-corrected chi connectivity index (χ0v) is 15.6. The average Bonchev–Trinajstić information content (AvgIpc) is 2.69. The lowest BCUT2D eigenvalue weighted by Crippen LogP contribution is -2.47. The fraction of sp³-hybridized carbons (Fsp3) is 0.300. The van der Waals surface area contributed by atoms with Gasteiger partial charge in [0.1, 0.15) is 5.82 Å². The molecule has 134 valence electrons. The van der Waals surface area contributed by atoms with Crippen molar-refractivity contribution in [1.29, 1.82) is 0 Å². The van der Waals surface area contributed by atoms with E-state index in [0.717, 1.165) is 66.1 Å². The maximum Gasteiger partial charge on any atom is 0.228 e. The van der Waals surface area contributed by atoms with Crippen LogP contribution in [0.15, 0.2) is 48.5 Å². The predicted molar refractivity (Wildman–Crippen MR) is 110 cm³/mol. The molecule has 0 atom stereocenters. The van der Waals surface area contributed by atoms with Gasteiger partial charge in [0.25, 0.3) is 0 Å². The van der Waals surface area contributed by atoms with Crippen molar-refractivity contribution >= 4 is 40.0 Å². The molecule has 1 N–H and O–H groups in total. The normalized spacial score (nSPS) is 14.7. The smallest absolute Gasteiger partial charge is 0.228 e. The van der Waals surface area contributed by atoms with E-state index in [1.165, 1.54) is 0 Å². The molecule has 5 nitrogen and oxygen atoms in total. The predicted octanol–water partition coefficient (Wildman–Crippen LogP) is 4.04. The van der Waals surface area contributed by atoms with Crippen LogP contribution in [0.1, 0.15) is 6.92 Å². The minimum atomic E-state index is 0.790. The highest BCUT2D eigenvalue weighted by molar-refractivity contribution is 6.33. The first-order valence-electron chi connectivity index (χ1n) is 9.01. The summed E-state index contributed by atoms with van der Waals surface area (Å²) in [4.78, 5) is 14.2. The number of aromatic nitrogens is 2. The first kappa shape index (κ1) is 16.9. The molecule has 0 bridgehead atoms. The number of benzene rings is 2. The molecule has 0 saturated carbocycles. The number of anilines is 3. The molecule has 26 heavy (non-hydrogen) atoms. The summed E-state index contributed by atoms with van der Waals surface area (Å²) in [7, 11) is 0. The van der Waals surface area contributed by atoms with Crippen LogP contribution in [0.25, 0.3) is 10.9 Å². The Hall–Kier alpha value is -2.53. The second kappa shape index (κ2) is 7.38. The third-order valence-electron chi connectivity index (χ3n) is 4.69. The summed E-state index contributed by atoms with van der Waals surface area (Å²) >= 11 is 6.34. The van der Waals surface area contributed by atoms with Crippen molar-refractivity contribution in [1.82, 2.24) is 9.97 Å². The van der Waals surface area contributed by atoms with Gasteiger partial charge in [-0.05, 0) is 31.2 Å². The minimum absolute atomic E-state index is 0.790. The maximum atomic E-state index is 6.34. The van der Waals surface area contributed by atoms with Gasteiger partial charge >= 0.3 is 0 Å². The van der Waals surface area contributed by atoms with Crippen LogP contribution in [-0.4, -0.2) is 42.7 Å². The Kier molecular flexibility index (Phi) is 4.80. The van der Waals surface area contributed by atoms with E-state index in [1.54, 1.807) is 0 Å². The molecule has 4 rings (SSSR count). The summed E-state index contributed by atoms with van der Waals surface area (Å²) in [5.74, 6) is 1.69. The number of para-hydroxylation sites is 2. The Morgan fingerprint density at radius 3 is 2.38 bits per heavy atom. The molecule has 0 unspecified atom stereocenters. The number of fused-ring (bicyclic) bond motifs is 1. The van der Waals surface area contributed by atoms with E-state index in [-0.39, 0.29) is 0 Å². The third kappa shape index (κ3) is 3.27. The van der Waals surface area contributed by atoms with E-state index >= 15 is 0 Å². The average molecular weight is 368 g/mol. The fourth-order valence-electron chi connectivity index (χ4n) is 3.36. The molecule has 6 heteroatoms. The summed E-state index contributed by atoms with van der Waals surface area (Å²) in [6.07, 6.45) is 0. The Bertz CT molecular complexity index is 906. The molecule has 1 aliphatic rings. The van der Waals surface area contributed by atoms with Gasteiger partial charge in [0.2, 0.25) is 5.95 Å². The van der Waals surface area contributed by atoms with E-state index in [2.05, 4.69) is 34.2 Å². The number of hydrogen-bond donors (Lipinski definition) is 1. The van der Waals surface area contributed by atoms with Gasteiger partial charge in [0, 0.05) is 38.1 Å². The number of hydrogen-bond acceptors (Lipinski definition) is 5. The van der Waals surface area contributed by atoms with E-state index in [0.29, 0.717) is 0 Å². The summed E-state index contributed by atoms with van der Waals surface area (Å²) in [6, 6.07) is 16.2. The van der Waals surface area contributed by atoms with Gasteiger partial charge in [0.05, 0.1) is 16.2 Å². The second-order valence-electron chi connectivity index (χ2n) is 6.35. The van der Waals surface area contributed by atoms with Crippen LogP contribution in [0.2, 0.25) is 5.02 Å². The molecular weight excluding hydrogens is 346 g/mol. The first-order chi connectivity index (χ1) is 12.8. The number of nitrogens with zero attached hydrogens (tertiary/aromatic N) is 4. The third-order valence-corrected chi connectivity index (χ3v) is 5.01. The Morgan fingerprint density at radius 2 is 1.62 bits per heavy atom. The minimum Gasteiger partial charge on any atom is -0.370 e. The van der Waals surface area contributed by atoms with Crippen LogP contribution < -0.4 is 15.1 Å². The SMILES string of the molecule is CCNc1nc(N2CCN(c3ccccc3Cl)CC2)nc2ccccc12. The summed E-state index contributed by atoms with van der Waals surface area (Å²) in [5, 5.41) is 5.23. The van der Waals surface area contributed by atoms with Crippen LogP contribution in [0.5, 0.6) is 0 Å². The van der Waals surface area contributed by atoms with Crippen LogP contribution >= 0.6 is 11.6 Å². The standard InChI is InChI=1S/C20H22ClN5/c1-2-22-19-15-7-3-5-9-17(15)23-20(24-19)26-13-11-25(12-14-26)18-10-6-4-8-16(18)21/h3-10H,2,11-14H2,1H3,(H,22,23,24). The lowest BCUT2D eigenvalue weighted by atomic mass is 10.2. The van der Waals surface area contributed by atoms with E-state index in [4.69, 9.17) is 21.6 Å². The Morgan fingerprint density at radius 1 is 0.923 bits per heavy atom. The lowest BCUT2D eigenvalue weighted by Gasteiger charge is -2.36. The summed E-state index contributed by atoms with van der Waals surface area (Å²) < 4.78 is 0. The van der Waals surface area contributed by atoms with Gasteiger partial charge < -0.3 is 15.1 Å². The van der Waals surface area contributed by atoms with Gasteiger partial charge in [-0.15, -0.1) is 0 Å². The fourth-order valence-corrected chi connectivity index (χ4v) is 3.62. The molecule has 2 aromatic carbocycles. The molecule has 0 spiro atoms. The largest absolute Gasteiger partial charge is 0.370 e. The van der Waals surface area contributed by atoms with Crippen LogP contribution in [-0.2, 0) is 0 Å². The molecule has 3 aromatic rings. The molecule has 0 aliphatic carbocycles. The van der Waals surface area contributed by atoms with Gasteiger partial charge in [-0.1, -0.05) is 35.9 Å². The van der Waals surface area contributed by atoms with Crippen LogP contribution in [0, 0.1) is 0 Å². The van der Waals surface area contributed by atoms with Crippen molar-refractivity contribution in [3.8, 4) is 0 Å². The topological polar surface area (TPSA) is 44.3 Å². The zero-order chi connectivity index (χ0) is 17.9. The highest BCUT2D eigenvalue weighted by atomic mass is 35.5. The lowest BCUT2D eigenvalue weighted by molar-refractivity contribution is 0.641. The molecule has 0 radical (unpaired) electrons. The van der Waals surface area contributed by atoms with E-state index in [9.17, 15) is 0 Å². The highest BCUT2D eigenvalue weighted by Crippen LogP contribution is 2.28. The van der Waals surface area contributed by atoms with Crippen molar-refractivity contribution in [3.05, 3.63) is 53.6 Å².